The van der Waals surface area contributed by atoms with Gasteiger partial charge in [-0.2, -0.15) is 5.26 Å². The number of hydrogen-bond acceptors (Lipinski definition) is 6. The summed E-state index contributed by atoms with van der Waals surface area (Å²) in [4.78, 5) is 34.5. The average Bonchev–Trinajstić information content (AvgIpc) is 2.64. The van der Waals surface area contributed by atoms with E-state index in [1.165, 1.54) is 43.3 Å². The van der Waals surface area contributed by atoms with Crippen molar-refractivity contribution in [3.8, 4) is 11.8 Å². The lowest BCUT2D eigenvalue weighted by Crippen LogP contribution is -2.20. The van der Waals surface area contributed by atoms with Crippen molar-refractivity contribution in [1.82, 2.24) is 0 Å². The van der Waals surface area contributed by atoms with Crippen molar-refractivity contribution in [2.45, 2.75) is 6.92 Å². The van der Waals surface area contributed by atoms with Gasteiger partial charge in [-0.25, -0.2) is 9.18 Å². The molecule has 1 amide bonds. The second-order valence-corrected chi connectivity index (χ2v) is 5.38. The number of carbonyl (C=O) groups is 3. The van der Waals surface area contributed by atoms with Crippen molar-refractivity contribution in [3.63, 3.8) is 0 Å². The van der Waals surface area contributed by atoms with Crippen molar-refractivity contribution < 1.29 is 28.2 Å². The van der Waals surface area contributed by atoms with E-state index in [0.29, 0.717) is 11.3 Å². The molecule has 7 nitrogen and oxygen atoms in total. The molecule has 138 valence electrons. The number of anilines is 1. The number of hydrogen-bond donors (Lipinski definition) is 1. The van der Waals surface area contributed by atoms with Gasteiger partial charge in [-0.3, -0.25) is 9.59 Å². The Morgan fingerprint density at radius 1 is 1.11 bits per heavy atom. The summed E-state index contributed by atoms with van der Waals surface area (Å²) in [6.07, 6.45) is 0. The summed E-state index contributed by atoms with van der Waals surface area (Å²) in [6, 6.07) is 11.6. The Bertz CT molecular complexity index is 903. The normalized spacial score (nSPS) is 9.81. The number of Topliss-reactive ketones (excluding diaryl/α,β-unsaturated/α-hetero) is 1. The van der Waals surface area contributed by atoms with E-state index in [1.54, 1.807) is 0 Å². The van der Waals surface area contributed by atoms with Crippen LogP contribution in [0.2, 0.25) is 0 Å². The molecule has 0 bridgehead atoms. The van der Waals surface area contributed by atoms with Crippen LogP contribution in [0.25, 0.3) is 0 Å². The summed E-state index contributed by atoms with van der Waals surface area (Å²) < 4.78 is 23.9. The number of nitrogens with one attached hydrogen (secondary N) is 1. The quantitative estimate of drug-likeness (QED) is 0.593. The van der Waals surface area contributed by atoms with Gasteiger partial charge < -0.3 is 14.8 Å². The first-order valence-electron chi connectivity index (χ1n) is 7.78. The Balaban J connectivity index is 1.84. The van der Waals surface area contributed by atoms with Gasteiger partial charge >= 0.3 is 5.97 Å². The minimum absolute atomic E-state index is 0.212. The zero-order chi connectivity index (χ0) is 19.8. The average molecular weight is 370 g/mol. The number of carbonyl (C=O) groups excluding carboxylic acids is 3. The summed E-state index contributed by atoms with van der Waals surface area (Å²) in [6.45, 7) is 0.186. The van der Waals surface area contributed by atoms with E-state index >= 15 is 0 Å². The number of esters is 1. The molecule has 2 rings (SSSR count). The highest BCUT2D eigenvalue weighted by atomic mass is 19.1. The molecule has 2 aromatic carbocycles. The number of rotatable bonds is 7. The predicted molar refractivity (Wildman–Crippen MR) is 92.6 cm³/mol. The zero-order valence-corrected chi connectivity index (χ0v) is 14.3. The van der Waals surface area contributed by atoms with Gasteiger partial charge in [-0.15, -0.1) is 0 Å². The largest absolute Gasteiger partial charge is 0.482 e. The van der Waals surface area contributed by atoms with Gasteiger partial charge in [0.2, 0.25) is 11.7 Å². The zero-order valence-electron chi connectivity index (χ0n) is 14.3. The van der Waals surface area contributed by atoms with E-state index in [1.807, 2.05) is 6.07 Å². The van der Waals surface area contributed by atoms with Crippen LogP contribution >= 0.6 is 0 Å². The van der Waals surface area contributed by atoms with Crippen molar-refractivity contribution in [3.05, 3.63) is 59.4 Å². The molecular weight excluding hydrogens is 355 g/mol. The van der Waals surface area contributed by atoms with Crippen LogP contribution < -0.4 is 10.1 Å². The first kappa shape index (κ1) is 19.6. The molecule has 0 spiro atoms. The fourth-order valence-electron chi connectivity index (χ4n) is 2.06. The highest BCUT2D eigenvalue weighted by Crippen LogP contribution is 2.15. The van der Waals surface area contributed by atoms with Crippen LogP contribution in [0.4, 0.5) is 10.1 Å². The van der Waals surface area contributed by atoms with Crippen molar-refractivity contribution in [1.29, 1.82) is 5.26 Å². The van der Waals surface area contributed by atoms with E-state index in [4.69, 9.17) is 14.7 Å². The van der Waals surface area contributed by atoms with Crippen LogP contribution in [0.15, 0.2) is 42.5 Å². The minimum atomic E-state index is -0.837. The number of benzene rings is 2. The van der Waals surface area contributed by atoms with Crippen LogP contribution in [0, 0.1) is 17.1 Å². The molecule has 0 aliphatic heterocycles. The molecule has 0 radical (unpaired) electrons. The molecule has 0 unspecified atom stereocenters. The summed E-state index contributed by atoms with van der Waals surface area (Å²) >= 11 is 0. The molecule has 0 saturated heterocycles. The molecule has 8 heteroatoms. The second kappa shape index (κ2) is 9.10. The Kier molecular flexibility index (Phi) is 6.61. The monoisotopic (exact) mass is 370 g/mol. The van der Waals surface area contributed by atoms with Crippen molar-refractivity contribution >= 4 is 23.3 Å². The molecule has 0 aliphatic carbocycles. The Labute approximate surface area is 154 Å². The van der Waals surface area contributed by atoms with Gasteiger partial charge in [0, 0.05) is 12.6 Å². The van der Waals surface area contributed by atoms with E-state index < -0.39 is 30.8 Å². The number of nitrogens with zero attached hydrogens (tertiary/aromatic N) is 1. The predicted octanol–water partition coefficient (Wildman–Crippen LogP) is 2.46. The third-order valence-electron chi connectivity index (χ3n) is 3.29. The summed E-state index contributed by atoms with van der Waals surface area (Å²) in [7, 11) is 0. The summed E-state index contributed by atoms with van der Waals surface area (Å²) in [5.74, 6) is -2.38. The van der Waals surface area contributed by atoms with Gasteiger partial charge in [-0.1, -0.05) is 0 Å². The van der Waals surface area contributed by atoms with Gasteiger partial charge in [-0.05, 0) is 42.5 Å². The third kappa shape index (κ3) is 5.93. The maximum absolute atomic E-state index is 13.9. The van der Waals surface area contributed by atoms with Gasteiger partial charge in [0.25, 0.3) is 0 Å². The SMILES string of the molecule is CC(=O)Nc1ccc(C(=O)COC(=O)COc2ccc(C#N)cc2)c(F)c1. The Morgan fingerprint density at radius 3 is 2.41 bits per heavy atom. The van der Waals surface area contributed by atoms with Gasteiger partial charge in [0.1, 0.15) is 11.6 Å². The Hall–Kier alpha value is -3.73. The summed E-state index contributed by atoms with van der Waals surface area (Å²) in [5, 5.41) is 11.1. The molecule has 2 aromatic rings. The first-order valence-corrected chi connectivity index (χ1v) is 7.78. The van der Waals surface area contributed by atoms with Crippen molar-refractivity contribution in [2.75, 3.05) is 18.5 Å². The van der Waals surface area contributed by atoms with Gasteiger partial charge in [0.05, 0.1) is 17.2 Å². The molecule has 0 atom stereocenters. The lowest BCUT2D eigenvalue weighted by atomic mass is 10.1. The van der Waals surface area contributed by atoms with E-state index in [0.717, 1.165) is 6.07 Å². The van der Waals surface area contributed by atoms with Crippen LogP contribution in [0.5, 0.6) is 5.75 Å². The molecule has 27 heavy (non-hydrogen) atoms. The third-order valence-corrected chi connectivity index (χ3v) is 3.29. The molecule has 0 aliphatic rings. The maximum Gasteiger partial charge on any atom is 0.344 e. The fourth-order valence-corrected chi connectivity index (χ4v) is 2.06. The van der Waals surface area contributed by atoms with Crippen LogP contribution in [0.3, 0.4) is 0 Å². The number of nitriles is 1. The smallest absolute Gasteiger partial charge is 0.344 e. The Morgan fingerprint density at radius 2 is 1.81 bits per heavy atom. The number of ketones is 1. The molecular formula is C19H15FN2O5. The lowest BCUT2D eigenvalue weighted by molar-refractivity contribution is -0.144. The highest BCUT2D eigenvalue weighted by Gasteiger charge is 2.15. The minimum Gasteiger partial charge on any atom is -0.482 e. The first-order chi connectivity index (χ1) is 12.9. The van der Waals surface area contributed by atoms with E-state index in [9.17, 15) is 18.8 Å². The van der Waals surface area contributed by atoms with Crippen LogP contribution in [-0.4, -0.2) is 30.9 Å². The molecule has 0 aromatic heterocycles. The number of amides is 1. The number of halogens is 1. The maximum atomic E-state index is 13.9. The molecule has 1 N–H and O–H groups in total. The van der Waals surface area contributed by atoms with E-state index in [-0.39, 0.29) is 17.2 Å². The molecule has 0 saturated carbocycles. The second-order valence-electron chi connectivity index (χ2n) is 5.38. The highest BCUT2D eigenvalue weighted by molar-refractivity contribution is 5.99. The summed E-state index contributed by atoms with van der Waals surface area (Å²) in [5.41, 5.74) is 0.399. The number of ether oxygens (including phenoxy) is 2. The molecule has 0 fully saturated rings. The fraction of sp³-hybridized carbons (Fsp3) is 0.158. The van der Waals surface area contributed by atoms with Crippen molar-refractivity contribution in [2.24, 2.45) is 0 Å². The van der Waals surface area contributed by atoms with E-state index in [2.05, 4.69) is 5.32 Å². The van der Waals surface area contributed by atoms with Crippen LogP contribution in [-0.2, 0) is 14.3 Å². The standard InChI is InChI=1S/C19H15FN2O5/c1-12(23)22-14-4-7-16(17(20)8-14)18(24)10-27-19(25)11-26-15-5-2-13(9-21)3-6-15/h2-8H,10-11H2,1H3,(H,22,23). The van der Waals surface area contributed by atoms with Crippen LogP contribution in [0.1, 0.15) is 22.8 Å². The topological polar surface area (TPSA) is 105 Å². The lowest BCUT2D eigenvalue weighted by Gasteiger charge is -2.08. The molecule has 0 heterocycles. The van der Waals surface area contributed by atoms with Gasteiger partial charge in [0.15, 0.2) is 13.2 Å².